The van der Waals surface area contributed by atoms with Gasteiger partial charge in [0, 0.05) is 52.5 Å². The van der Waals surface area contributed by atoms with Crippen LogP contribution < -0.4 is 15.0 Å². The number of likely N-dealkylation sites (N-methyl/N-ethyl adjacent to an activating group) is 1. The molecule has 1 saturated heterocycles. The van der Waals surface area contributed by atoms with Gasteiger partial charge in [0.05, 0.1) is 13.7 Å². The van der Waals surface area contributed by atoms with Crippen molar-refractivity contribution in [3.63, 3.8) is 0 Å². The van der Waals surface area contributed by atoms with Gasteiger partial charge in [0.1, 0.15) is 11.6 Å². The highest BCUT2D eigenvalue weighted by atomic mass is 16.5. The predicted molar refractivity (Wildman–Crippen MR) is 128 cm³/mol. The van der Waals surface area contributed by atoms with Crippen LogP contribution in [0, 0.1) is 0 Å². The van der Waals surface area contributed by atoms with Crippen molar-refractivity contribution in [3.8, 4) is 5.75 Å². The number of nitrogens with zero attached hydrogens (tertiary/aromatic N) is 5. The van der Waals surface area contributed by atoms with Gasteiger partial charge in [-0.05, 0) is 42.8 Å². The van der Waals surface area contributed by atoms with Crippen LogP contribution in [0.4, 0.5) is 5.82 Å². The molecule has 1 aliphatic rings. The van der Waals surface area contributed by atoms with Crippen LogP contribution in [0.5, 0.6) is 5.75 Å². The van der Waals surface area contributed by atoms with Gasteiger partial charge in [0.15, 0.2) is 5.96 Å². The monoisotopic (exact) mass is 424 g/mol. The topological polar surface area (TPSA) is 56.2 Å². The number of hydrogen-bond donors (Lipinski definition) is 1. The van der Waals surface area contributed by atoms with E-state index in [0.29, 0.717) is 6.54 Å². The number of pyridine rings is 1. The van der Waals surface area contributed by atoms with Crippen LogP contribution in [0.3, 0.4) is 0 Å². The summed E-state index contributed by atoms with van der Waals surface area (Å²) in [6.07, 6.45) is 1.96. The maximum absolute atomic E-state index is 5.24. The predicted octanol–water partition coefficient (Wildman–Crippen LogP) is 2.83. The fourth-order valence-electron chi connectivity index (χ4n) is 3.71. The van der Waals surface area contributed by atoms with Crippen molar-refractivity contribution < 1.29 is 4.74 Å². The van der Waals surface area contributed by atoms with Gasteiger partial charge in [-0.1, -0.05) is 25.1 Å². The smallest absolute Gasteiger partial charge is 0.194 e. The van der Waals surface area contributed by atoms with E-state index in [4.69, 9.17) is 14.7 Å². The van der Waals surface area contributed by atoms with E-state index in [0.717, 1.165) is 68.9 Å². The van der Waals surface area contributed by atoms with Crippen LogP contribution in [0.15, 0.2) is 47.6 Å². The second kappa shape index (κ2) is 11.6. The molecule has 0 saturated carbocycles. The average Bonchev–Trinajstić information content (AvgIpc) is 2.82. The molecule has 2 aromatic rings. The van der Waals surface area contributed by atoms with Gasteiger partial charge >= 0.3 is 0 Å². The maximum Gasteiger partial charge on any atom is 0.194 e. The maximum atomic E-state index is 5.24. The Kier molecular flexibility index (Phi) is 8.53. The Hall–Kier alpha value is -2.80. The standard InChI is InChI=1S/C24H36N6O/c1-5-25-24(28(3)19-20-7-10-22(31-4)11-8-20)27-18-21-9-12-23(26-17-21)30-15-13-29(6-2)14-16-30/h7-12,17H,5-6,13-16,18-19H2,1-4H3,(H,25,27). The lowest BCUT2D eigenvalue weighted by Crippen LogP contribution is -2.46. The first-order chi connectivity index (χ1) is 15.1. The number of benzene rings is 1. The van der Waals surface area contributed by atoms with Crippen molar-refractivity contribution in [2.24, 2.45) is 4.99 Å². The van der Waals surface area contributed by atoms with E-state index in [-0.39, 0.29) is 0 Å². The van der Waals surface area contributed by atoms with E-state index in [9.17, 15) is 0 Å². The molecule has 0 aliphatic carbocycles. The van der Waals surface area contributed by atoms with Crippen LogP contribution >= 0.6 is 0 Å². The van der Waals surface area contributed by atoms with E-state index >= 15 is 0 Å². The van der Waals surface area contributed by atoms with Gasteiger partial charge in [-0.15, -0.1) is 0 Å². The SMILES string of the molecule is CCNC(=NCc1ccc(N2CCN(CC)CC2)nc1)N(C)Cc1ccc(OC)cc1. The fraction of sp³-hybridized carbons (Fsp3) is 0.500. The zero-order valence-electron chi connectivity index (χ0n) is 19.3. The number of methoxy groups -OCH3 is 1. The molecule has 1 aromatic heterocycles. The highest BCUT2D eigenvalue weighted by molar-refractivity contribution is 5.79. The summed E-state index contributed by atoms with van der Waals surface area (Å²) in [5, 5.41) is 3.39. The lowest BCUT2D eigenvalue weighted by molar-refractivity contribution is 0.270. The molecule has 7 nitrogen and oxygen atoms in total. The second-order valence-electron chi connectivity index (χ2n) is 7.82. The molecule has 3 rings (SSSR count). The fourth-order valence-corrected chi connectivity index (χ4v) is 3.71. The Balaban J connectivity index is 1.58. The molecule has 31 heavy (non-hydrogen) atoms. The summed E-state index contributed by atoms with van der Waals surface area (Å²) >= 11 is 0. The summed E-state index contributed by atoms with van der Waals surface area (Å²) in [6.45, 7) is 11.9. The summed E-state index contributed by atoms with van der Waals surface area (Å²) in [6, 6.07) is 12.4. The number of aromatic nitrogens is 1. The van der Waals surface area contributed by atoms with Crippen LogP contribution in [0.1, 0.15) is 25.0 Å². The van der Waals surface area contributed by atoms with Gasteiger partial charge < -0.3 is 24.8 Å². The van der Waals surface area contributed by atoms with Crippen molar-refractivity contribution >= 4 is 11.8 Å². The first kappa shape index (κ1) is 22.9. The number of aliphatic imine (C=N–C) groups is 1. The molecule has 1 fully saturated rings. The Labute approximate surface area is 186 Å². The molecule has 0 amide bonds. The van der Waals surface area contributed by atoms with Crippen LogP contribution in [0.25, 0.3) is 0 Å². The highest BCUT2D eigenvalue weighted by Crippen LogP contribution is 2.15. The van der Waals surface area contributed by atoms with Crippen molar-refractivity contribution in [2.45, 2.75) is 26.9 Å². The number of piperazine rings is 1. The molecular weight excluding hydrogens is 388 g/mol. The Bertz CT molecular complexity index is 813. The second-order valence-corrected chi connectivity index (χ2v) is 7.82. The third-order valence-corrected chi connectivity index (χ3v) is 5.64. The van der Waals surface area contributed by atoms with Crippen molar-refractivity contribution in [3.05, 3.63) is 53.7 Å². The number of hydrogen-bond acceptors (Lipinski definition) is 5. The minimum Gasteiger partial charge on any atom is -0.497 e. The zero-order valence-corrected chi connectivity index (χ0v) is 19.3. The summed E-state index contributed by atoms with van der Waals surface area (Å²) in [7, 11) is 3.74. The summed E-state index contributed by atoms with van der Waals surface area (Å²) < 4.78 is 5.24. The van der Waals surface area contributed by atoms with E-state index in [2.05, 4.69) is 65.2 Å². The van der Waals surface area contributed by atoms with Crippen molar-refractivity contribution in [1.29, 1.82) is 0 Å². The Morgan fingerprint density at radius 1 is 1.06 bits per heavy atom. The number of anilines is 1. The zero-order chi connectivity index (χ0) is 22.1. The molecule has 1 aliphatic heterocycles. The van der Waals surface area contributed by atoms with Crippen LogP contribution in [-0.2, 0) is 13.1 Å². The lowest BCUT2D eigenvalue weighted by atomic mass is 10.2. The number of rotatable bonds is 8. The lowest BCUT2D eigenvalue weighted by Gasteiger charge is -2.34. The molecular formula is C24H36N6O. The normalized spacial score (nSPS) is 15.1. The summed E-state index contributed by atoms with van der Waals surface area (Å²) in [5.41, 5.74) is 2.33. The van der Waals surface area contributed by atoms with Crippen molar-refractivity contribution in [1.82, 2.24) is 20.1 Å². The molecule has 0 radical (unpaired) electrons. The summed E-state index contributed by atoms with van der Waals surface area (Å²) in [4.78, 5) is 16.5. The Morgan fingerprint density at radius 3 is 2.35 bits per heavy atom. The molecule has 7 heteroatoms. The number of ether oxygens (including phenoxy) is 1. The molecule has 0 unspecified atom stereocenters. The molecule has 2 heterocycles. The van der Waals surface area contributed by atoms with E-state index < -0.39 is 0 Å². The van der Waals surface area contributed by atoms with Gasteiger partial charge in [0.25, 0.3) is 0 Å². The molecule has 0 atom stereocenters. The third kappa shape index (κ3) is 6.59. The minimum absolute atomic E-state index is 0.603. The van der Waals surface area contributed by atoms with E-state index in [1.807, 2.05) is 18.3 Å². The molecule has 1 aromatic carbocycles. The third-order valence-electron chi connectivity index (χ3n) is 5.64. The molecule has 168 valence electrons. The molecule has 0 bridgehead atoms. The first-order valence-electron chi connectivity index (χ1n) is 11.2. The molecule has 0 spiro atoms. The van der Waals surface area contributed by atoms with Gasteiger partial charge in [-0.2, -0.15) is 0 Å². The number of nitrogens with one attached hydrogen (secondary N) is 1. The number of guanidine groups is 1. The van der Waals surface area contributed by atoms with Gasteiger partial charge in [-0.3, -0.25) is 0 Å². The molecule has 1 N–H and O–H groups in total. The minimum atomic E-state index is 0.603. The van der Waals surface area contributed by atoms with E-state index in [1.165, 1.54) is 5.56 Å². The summed E-state index contributed by atoms with van der Waals surface area (Å²) in [5.74, 6) is 2.82. The highest BCUT2D eigenvalue weighted by Gasteiger charge is 2.16. The van der Waals surface area contributed by atoms with Gasteiger partial charge in [-0.25, -0.2) is 9.98 Å². The quantitative estimate of drug-likeness (QED) is 0.520. The van der Waals surface area contributed by atoms with Crippen LogP contribution in [0.2, 0.25) is 0 Å². The van der Waals surface area contributed by atoms with Gasteiger partial charge in [0.2, 0.25) is 0 Å². The van der Waals surface area contributed by atoms with Crippen molar-refractivity contribution in [2.75, 3.05) is 58.3 Å². The average molecular weight is 425 g/mol. The van der Waals surface area contributed by atoms with E-state index in [1.54, 1.807) is 7.11 Å². The van der Waals surface area contributed by atoms with Crippen LogP contribution in [-0.4, -0.2) is 74.2 Å². The largest absolute Gasteiger partial charge is 0.497 e. The Morgan fingerprint density at radius 2 is 1.77 bits per heavy atom. The first-order valence-corrected chi connectivity index (χ1v) is 11.2.